The molecule has 3 atom stereocenters. The minimum absolute atomic E-state index is 0.0501. The first-order chi connectivity index (χ1) is 20.7. The first-order valence-electron chi connectivity index (χ1n) is 15.0. The van der Waals surface area contributed by atoms with E-state index in [-0.39, 0.29) is 41.7 Å². The minimum atomic E-state index is -0.905. The van der Waals surface area contributed by atoms with Crippen LogP contribution in [0.4, 0.5) is 0 Å². The number of H-pyrrole nitrogens is 2. The summed E-state index contributed by atoms with van der Waals surface area (Å²) in [4.78, 5) is 55.0. The second-order valence-corrected chi connectivity index (χ2v) is 12.6. The maximum absolute atomic E-state index is 12.5. The number of carboxylic acids is 2. The summed E-state index contributed by atoms with van der Waals surface area (Å²) in [5, 5.41) is 24.8. The van der Waals surface area contributed by atoms with E-state index in [1.807, 2.05) is 53.7 Å². The van der Waals surface area contributed by atoms with Gasteiger partial charge in [-0.1, -0.05) is 20.8 Å². The number of rotatable bonds is 12. The van der Waals surface area contributed by atoms with Crippen molar-refractivity contribution >= 4 is 48.5 Å². The van der Waals surface area contributed by atoms with Crippen LogP contribution in [-0.4, -0.2) is 49.2 Å². The Labute approximate surface area is 262 Å². The molecule has 0 aliphatic carbocycles. The van der Waals surface area contributed by atoms with Gasteiger partial charge in [0, 0.05) is 76.1 Å². The fourth-order valence-corrected chi connectivity index (χ4v) is 6.84. The molecular formula is C33H42N4O6S. The van der Waals surface area contributed by atoms with Crippen molar-refractivity contribution < 1.29 is 29.4 Å². The molecule has 6 N–H and O–H groups in total. The molecule has 11 heteroatoms. The van der Waals surface area contributed by atoms with Crippen molar-refractivity contribution in [2.24, 2.45) is 11.8 Å². The van der Waals surface area contributed by atoms with E-state index in [1.54, 1.807) is 0 Å². The molecule has 0 saturated carbocycles. The second-order valence-electron chi connectivity index (χ2n) is 11.8. The third-order valence-corrected chi connectivity index (χ3v) is 9.29. The summed E-state index contributed by atoms with van der Waals surface area (Å²) in [7, 11) is 0. The third-order valence-electron chi connectivity index (χ3n) is 8.96. The van der Waals surface area contributed by atoms with Crippen LogP contribution in [0.1, 0.15) is 92.0 Å². The molecule has 10 nitrogen and oxygen atoms in total. The summed E-state index contributed by atoms with van der Waals surface area (Å²) in [6, 6.07) is 0. The molecule has 2 aliphatic rings. The van der Waals surface area contributed by atoms with Crippen LogP contribution in [-0.2, 0) is 38.4 Å². The largest absolute Gasteiger partial charge is 0.481 e. The molecule has 0 bridgehead atoms. The first kappa shape index (κ1) is 32.9. The average molecular weight is 623 g/mol. The van der Waals surface area contributed by atoms with Crippen molar-refractivity contribution in [3.05, 3.63) is 67.6 Å². The Morgan fingerprint density at radius 3 is 1.89 bits per heavy atom. The van der Waals surface area contributed by atoms with E-state index >= 15 is 0 Å². The second kappa shape index (κ2) is 13.3. The van der Waals surface area contributed by atoms with E-state index in [9.17, 15) is 29.4 Å². The van der Waals surface area contributed by atoms with E-state index in [1.165, 1.54) is 0 Å². The summed E-state index contributed by atoms with van der Waals surface area (Å²) in [6.45, 7) is 11.6. The van der Waals surface area contributed by atoms with E-state index in [2.05, 4.69) is 33.2 Å². The van der Waals surface area contributed by atoms with Gasteiger partial charge in [-0.3, -0.25) is 19.2 Å². The van der Waals surface area contributed by atoms with Crippen LogP contribution in [0.25, 0.3) is 12.2 Å². The van der Waals surface area contributed by atoms with Gasteiger partial charge in [-0.05, 0) is 80.0 Å². The van der Waals surface area contributed by atoms with Crippen molar-refractivity contribution in [1.82, 2.24) is 20.6 Å². The van der Waals surface area contributed by atoms with Gasteiger partial charge in [-0.2, -0.15) is 12.6 Å². The smallest absolute Gasteiger partial charge is 0.303 e. The van der Waals surface area contributed by atoms with Gasteiger partial charge in [0.25, 0.3) is 5.91 Å². The first-order valence-corrected chi connectivity index (χ1v) is 15.5. The van der Waals surface area contributed by atoms with Crippen LogP contribution in [0.3, 0.4) is 0 Å². The van der Waals surface area contributed by atoms with Gasteiger partial charge in [-0.25, -0.2) is 0 Å². The molecule has 0 unspecified atom stereocenters. The van der Waals surface area contributed by atoms with Crippen molar-refractivity contribution in [1.29, 1.82) is 0 Å². The van der Waals surface area contributed by atoms with Crippen LogP contribution in [0.5, 0.6) is 0 Å². The molecule has 2 amide bonds. The van der Waals surface area contributed by atoms with Gasteiger partial charge in [0.05, 0.1) is 0 Å². The molecule has 4 rings (SSSR count). The van der Waals surface area contributed by atoms with E-state index in [0.29, 0.717) is 31.4 Å². The predicted molar refractivity (Wildman–Crippen MR) is 172 cm³/mol. The van der Waals surface area contributed by atoms with Crippen LogP contribution in [0, 0.1) is 25.7 Å². The molecule has 0 spiro atoms. The molecule has 1 saturated heterocycles. The molecule has 1 fully saturated rings. The number of carboxylic acid groups (broad SMARTS) is 2. The summed E-state index contributed by atoms with van der Waals surface area (Å²) in [5.74, 6) is -2.29. The lowest BCUT2D eigenvalue weighted by Gasteiger charge is -2.17. The van der Waals surface area contributed by atoms with Crippen LogP contribution >= 0.6 is 12.6 Å². The van der Waals surface area contributed by atoms with Gasteiger partial charge in [0.2, 0.25) is 5.91 Å². The molecule has 0 radical (unpaired) electrons. The number of aromatic nitrogens is 2. The zero-order valence-corrected chi connectivity index (χ0v) is 27.0. The Bertz CT molecular complexity index is 1610. The van der Waals surface area contributed by atoms with Crippen molar-refractivity contribution in [3.63, 3.8) is 0 Å². The fraction of sp³-hybridized carbons (Fsp3) is 0.455. The molecule has 2 aromatic heterocycles. The number of hydrogen-bond donors (Lipinski definition) is 7. The summed E-state index contributed by atoms with van der Waals surface area (Å²) in [6.07, 6.45) is 5.33. The van der Waals surface area contributed by atoms with Crippen molar-refractivity contribution in [2.45, 2.75) is 85.3 Å². The fourth-order valence-electron chi connectivity index (χ4n) is 6.43. The van der Waals surface area contributed by atoms with Gasteiger partial charge >= 0.3 is 11.9 Å². The van der Waals surface area contributed by atoms with Crippen LogP contribution in [0.2, 0.25) is 0 Å². The molecule has 44 heavy (non-hydrogen) atoms. The Morgan fingerprint density at radius 1 is 0.909 bits per heavy atom. The monoisotopic (exact) mass is 622 g/mol. The highest BCUT2D eigenvalue weighted by Crippen LogP contribution is 2.35. The number of carbonyl (C=O) groups is 4. The molecule has 2 aliphatic heterocycles. The average Bonchev–Trinajstić information content (AvgIpc) is 3.59. The molecule has 4 heterocycles. The minimum Gasteiger partial charge on any atom is -0.481 e. The lowest BCUT2D eigenvalue weighted by molar-refractivity contribution is -0.138. The van der Waals surface area contributed by atoms with Crippen LogP contribution in [0.15, 0.2) is 22.5 Å². The van der Waals surface area contributed by atoms with Gasteiger partial charge in [0.15, 0.2) is 0 Å². The number of aliphatic carboxylic acids is 2. The number of hydrogen-bond acceptors (Lipinski definition) is 5. The Kier molecular flexibility index (Phi) is 9.98. The van der Waals surface area contributed by atoms with Gasteiger partial charge in [-0.15, -0.1) is 0 Å². The zero-order chi connectivity index (χ0) is 32.5. The number of aromatic amines is 2. The normalized spacial score (nSPS) is 21.0. The zero-order valence-electron chi connectivity index (χ0n) is 26.1. The summed E-state index contributed by atoms with van der Waals surface area (Å²) in [5.41, 5.74) is 9.83. The summed E-state index contributed by atoms with van der Waals surface area (Å²) < 4.78 is 0. The number of carbonyl (C=O) groups excluding carboxylic acids is 2. The highest BCUT2D eigenvalue weighted by atomic mass is 32.1. The number of nitrogens with one attached hydrogen (secondary N) is 4. The highest BCUT2D eigenvalue weighted by molar-refractivity contribution is 7.80. The van der Waals surface area contributed by atoms with Crippen LogP contribution < -0.4 is 10.6 Å². The molecule has 0 aromatic carbocycles. The van der Waals surface area contributed by atoms with Crippen molar-refractivity contribution in [3.8, 4) is 0 Å². The molecule has 236 valence electrons. The van der Waals surface area contributed by atoms with Gasteiger partial charge in [0.1, 0.15) is 0 Å². The Balaban J connectivity index is 1.79. The topological polar surface area (TPSA) is 164 Å². The van der Waals surface area contributed by atoms with Gasteiger partial charge < -0.3 is 30.8 Å². The number of amides is 2. The van der Waals surface area contributed by atoms with E-state index < -0.39 is 11.9 Å². The number of thiol groups is 1. The highest BCUT2D eigenvalue weighted by Gasteiger charge is 2.37. The van der Waals surface area contributed by atoms with Crippen molar-refractivity contribution in [2.75, 3.05) is 0 Å². The van der Waals surface area contributed by atoms with E-state index in [4.69, 9.17) is 0 Å². The third kappa shape index (κ3) is 6.72. The van der Waals surface area contributed by atoms with E-state index in [0.717, 1.165) is 61.9 Å². The lowest BCUT2D eigenvalue weighted by atomic mass is 9.91. The maximum atomic E-state index is 12.5. The Morgan fingerprint density at radius 2 is 1.43 bits per heavy atom. The molecular weight excluding hydrogens is 580 g/mol. The number of allylic oxidation sites excluding steroid dienone is 2. The predicted octanol–water partition coefficient (Wildman–Crippen LogP) is 4.82. The Hall–Kier alpha value is -3.99. The quantitative estimate of drug-likeness (QED) is 0.168. The summed E-state index contributed by atoms with van der Waals surface area (Å²) >= 11 is 4.63. The SMILES string of the molecule is CCC1=C(C)/C(=C/c2[nH]c(Cc3[nH]c(/C=C4\NC(=O)[C@H](C)[C@H]4[C@@H](C)S)c(C)c3CCC(=O)O)c(CCC(=O)O)c2C)NC1=O. The molecule has 2 aromatic rings. The lowest BCUT2D eigenvalue weighted by Crippen LogP contribution is -2.19. The standard InChI is InChI=1S/C33H42N4O6S/c1-7-20-15(2)25(36-33(20)43)12-23-16(3)21(8-10-29(38)39)26(34-23)14-27-22(9-11-30(40)41)17(4)24(35-27)13-28-31(19(6)44)18(5)32(42)37-28/h12-13,18-19,31,34-35,44H,7-11,14H2,1-6H3,(H,36,43)(H,37,42)(H,38,39)(H,40,41)/b25-12-,28-13-/t18-,19-,31+/m1/s1. The maximum Gasteiger partial charge on any atom is 0.303 e.